The molecule has 0 bridgehead atoms. The summed E-state index contributed by atoms with van der Waals surface area (Å²) in [6.07, 6.45) is 2.72. The predicted octanol–water partition coefficient (Wildman–Crippen LogP) is 2.47. The third-order valence-corrected chi connectivity index (χ3v) is 4.64. The van der Waals surface area contributed by atoms with Crippen molar-refractivity contribution in [1.29, 1.82) is 0 Å². The number of fused-ring (bicyclic) bond motifs is 1. The second-order valence-electron chi connectivity index (χ2n) is 5.97. The molecular weight excluding hydrogens is 220 g/mol. The highest BCUT2D eigenvalue weighted by Gasteiger charge is 2.32. The molecule has 0 saturated carbocycles. The molecule has 2 heteroatoms. The van der Waals surface area contributed by atoms with E-state index in [0.29, 0.717) is 5.92 Å². The van der Waals surface area contributed by atoms with Gasteiger partial charge in [-0.3, -0.25) is 0 Å². The minimum Gasteiger partial charge on any atom is -0.314 e. The van der Waals surface area contributed by atoms with Gasteiger partial charge in [-0.05, 0) is 43.3 Å². The topological polar surface area (TPSA) is 15.3 Å². The average molecular weight is 244 g/mol. The van der Waals surface area contributed by atoms with E-state index in [0.717, 1.165) is 12.0 Å². The molecule has 3 atom stereocenters. The highest BCUT2D eigenvalue weighted by molar-refractivity contribution is 5.19. The quantitative estimate of drug-likeness (QED) is 0.879. The van der Waals surface area contributed by atoms with E-state index in [-0.39, 0.29) is 0 Å². The lowest BCUT2D eigenvalue weighted by molar-refractivity contribution is 0.156. The van der Waals surface area contributed by atoms with Crippen LogP contribution in [0.5, 0.6) is 0 Å². The van der Waals surface area contributed by atoms with Crippen LogP contribution in [0.15, 0.2) is 30.3 Å². The molecule has 1 N–H and O–H groups in total. The summed E-state index contributed by atoms with van der Waals surface area (Å²) in [4.78, 5) is 2.67. The molecule has 18 heavy (non-hydrogen) atoms. The minimum absolute atomic E-state index is 0.650. The zero-order valence-corrected chi connectivity index (χ0v) is 11.3. The van der Waals surface area contributed by atoms with Crippen molar-refractivity contribution in [2.24, 2.45) is 5.92 Å². The van der Waals surface area contributed by atoms with Crippen molar-refractivity contribution in [3.63, 3.8) is 0 Å². The Hall–Kier alpha value is -0.860. The van der Waals surface area contributed by atoms with Crippen molar-refractivity contribution in [3.8, 4) is 0 Å². The summed E-state index contributed by atoms with van der Waals surface area (Å²) in [7, 11) is 0. The summed E-state index contributed by atoms with van der Waals surface area (Å²) in [5.74, 6) is 1.55. The molecule has 2 aliphatic heterocycles. The van der Waals surface area contributed by atoms with Crippen LogP contribution >= 0.6 is 0 Å². The summed E-state index contributed by atoms with van der Waals surface area (Å²) in [5.41, 5.74) is 1.48. The smallest absolute Gasteiger partial charge is 0.0120 e. The van der Waals surface area contributed by atoms with Gasteiger partial charge in [0.1, 0.15) is 0 Å². The fourth-order valence-corrected chi connectivity index (χ4v) is 3.56. The molecule has 2 nitrogen and oxygen atoms in total. The van der Waals surface area contributed by atoms with Gasteiger partial charge >= 0.3 is 0 Å². The molecule has 2 fully saturated rings. The van der Waals surface area contributed by atoms with E-state index < -0.39 is 0 Å². The fraction of sp³-hybridized carbons (Fsp3) is 0.625. The van der Waals surface area contributed by atoms with Crippen LogP contribution in [0.2, 0.25) is 0 Å². The van der Waals surface area contributed by atoms with E-state index in [4.69, 9.17) is 0 Å². The first kappa shape index (κ1) is 12.2. The fourth-order valence-electron chi connectivity index (χ4n) is 3.56. The lowest BCUT2D eigenvalue weighted by atomic mass is 9.92. The van der Waals surface area contributed by atoms with E-state index in [9.17, 15) is 0 Å². The zero-order chi connectivity index (χ0) is 12.4. The van der Waals surface area contributed by atoms with Crippen LogP contribution in [0.25, 0.3) is 0 Å². The van der Waals surface area contributed by atoms with Crippen LogP contribution in [-0.2, 0) is 0 Å². The Morgan fingerprint density at radius 3 is 2.94 bits per heavy atom. The Kier molecular flexibility index (Phi) is 3.67. The summed E-state index contributed by atoms with van der Waals surface area (Å²) >= 11 is 0. The van der Waals surface area contributed by atoms with Gasteiger partial charge in [0, 0.05) is 19.1 Å². The predicted molar refractivity (Wildman–Crippen MR) is 75.8 cm³/mol. The second-order valence-corrected chi connectivity index (χ2v) is 5.97. The van der Waals surface area contributed by atoms with Gasteiger partial charge in [0.15, 0.2) is 0 Å². The monoisotopic (exact) mass is 244 g/mol. The third kappa shape index (κ3) is 2.60. The molecule has 0 aliphatic carbocycles. The maximum absolute atomic E-state index is 3.64. The number of hydrogen-bond acceptors (Lipinski definition) is 2. The molecule has 0 amide bonds. The number of nitrogens with zero attached hydrogens (tertiary/aromatic N) is 1. The molecule has 2 aliphatic rings. The Morgan fingerprint density at radius 2 is 2.11 bits per heavy atom. The van der Waals surface area contributed by atoms with Gasteiger partial charge in [-0.1, -0.05) is 37.3 Å². The lowest BCUT2D eigenvalue weighted by Gasteiger charge is -2.36. The molecule has 3 rings (SSSR count). The van der Waals surface area contributed by atoms with Gasteiger partial charge in [0.05, 0.1) is 0 Å². The molecule has 1 aromatic carbocycles. The van der Waals surface area contributed by atoms with Crippen LogP contribution in [-0.4, -0.2) is 37.1 Å². The number of benzene rings is 1. The van der Waals surface area contributed by atoms with Crippen molar-refractivity contribution in [2.45, 2.75) is 31.7 Å². The van der Waals surface area contributed by atoms with E-state index in [1.54, 1.807) is 0 Å². The number of piperidine rings is 1. The van der Waals surface area contributed by atoms with Gasteiger partial charge < -0.3 is 10.2 Å². The molecule has 2 saturated heterocycles. The van der Waals surface area contributed by atoms with Crippen molar-refractivity contribution in [1.82, 2.24) is 10.2 Å². The molecule has 0 aromatic heterocycles. The highest BCUT2D eigenvalue weighted by atomic mass is 15.2. The van der Waals surface area contributed by atoms with Crippen molar-refractivity contribution >= 4 is 0 Å². The summed E-state index contributed by atoms with van der Waals surface area (Å²) < 4.78 is 0. The SMILES string of the molecule is CC(CN1CCC2NCCC2C1)c1ccccc1. The van der Waals surface area contributed by atoms with Crippen LogP contribution in [0.1, 0.15) is 31.2 Å². The van der Waals surface area contributed by atoms with Crippen molar-refractivity contribution in [3.05, 3.63) is 35.9 Å². The molecule has 1 aromatic rings. The normalized spacial score (nSPS) is 30.1. The Balaban J connectivity index is 1.57. The minimum atomic E-state index is 0.650. The lowest BCUT2D eigenvalue weighted by Crippen LogP contribution is -2.45. The van der Waals surface area contributed by atoms with Crippen LogP contribution in [0, 0.1) is 5.92 Å². The molecular formula is C16H24N2. The highest BCUT2D eigenvalue weighted by Crippen LogP contribution is 2.26. The largest absolute Gasteiger partial charge is 0.314 e. The first-order chi connectivity index (χ1) is 8.83. The van der Waals surface area contributed by atoms with E-state index >= 15 is 0 Å². The van der Waals surface area contributed by atoms with E-state index in [1.807, 2.05) is 0 Å². The number of hydrogen-bond donors (Lipinski definition) is 1. The maximum atomic E-state index is 3.64. The Labute approximate surface area is 110 Å². The van der Waals surface area contributed by atoms with Crippen LogP contribution in [0.4, 0.5) is 0 Å². The molecule has 0 radical (unpaired) electrons. The Morgan fingerprint density at radius 1 is 1.28 bits per heavy atom. The summed E-state index contributed by atoms with van der Waals surface area (Å²) in [5, 5.41) is 3.64. The summed E-state index contributed by atoms with van der Waals surface area (Å²) in [6.45, 7) is 7.37. The second kappa shape index (κ2) is 5.41. The van der Waals surface area contributed by atoms with Crippen molar-refractivity contribution < 1.29 is 0 Å². The number of rotatable bonds is 3. The van der Waals surface area contributed by atoms with Gasteiger partial charge in [-0.2, -0.15) is 0 Å². The molecule has 3 unspecified atom stereocenters. The Bertz CT molecular complexity index is 376. The first-order valence-corrected chi connectivity index (χ1v) is 7.33. The van der Waals surface area contributed by atoms with Crippen LogP contribution < -0.4 is 5.32 Å². The molecule has 98 valence electrons. The zero-order valence-electron chi connectivity index (χ0n) is 11.3. The standard InChI is InChI=1S/C16H24N2/c1-13(14-5-3-2-4-6-14)11-18-10-8-16-15(12-18)7-9-17-16/h2-6,13,15-17H,7-12H2,1H3. The summed E-state index contributed by atoms with van der Waals surface area (Å²) in [6, 6.07) is 11.7. The molecule has 0 spiro atoms. The maximum Gasteiger partial charge on any atom is 0.0120 e. The van der Waals surface area contributed by atoms with E-state index in [1.165, 1.54) is 44.6 Å². The average Bonchev–Trinajstić information content (AvgIpc) is 2.87. The van der Waals surface area contributed by atoms with E-state index in [2.05, 4.69) is 47.5 Å². The number of likely N-dealkylation sites (tertiary alicyclic amines) is 1. The number of nitrogens with one attached hydrogen (secondary N) is 1. The molecule has 2 heterocycles. The van der Waals surface area contributed by atoms with Crippen molar-refractivity contribution in [2.75, 3.05) is 26.2 Å². The van der Waals surface area contributed by atoms with Gasteiger partial charge in [-0.25, -0.2) is 0 Å². The van der Waals surface area contributed by atoms with Gasteiger partial charge in [0.2, 0.25) is 0 Å². The van der Waals surface area contributed by atoms with Gasteiger partial charge in [-0.15, -0.1) is 0 Å². The van der Waals surface area contributed by atoms with Crippen LogP contribution in [0.3, 0.4) is 0 Å². The van der Waals surface area contributed by atoms with Gasteiger partial charge in [0.25, 0.3) is 0 Å². The first-order valence-electron chi connectivity index (χ1n) is 7.33. The third-order valence-electron chi connectivity index (χ3n) is 4.64.